The van der Waals surface area contributed by atoms with Gasteiger partial charge >= 0.3 is 0 Å². The molecule has 96 valence electrons. The van der Waals surface area contributed by atoms with E-state index in [0.717, 1.165) is 16.6 Å². The van der Waals surface area contributed by atoms with Crippen molar-refractivity contribution < 1.29 is 0 Å². The van der Waals surface area contributed by atoms with Crippen molar-refractivity contribution in [2.75, 3.05) is 11.9 Å². The third-order valence-electron chi connectivity index (χ3n) is 2.92. The van der Waals surface area contributed by atoms with Gasteiger partial charge in [-0.3, -0.25) is 0 Å². The molecule has 0 bridgehead atoms. The molecule has 0 radical (unpaired) electrons. The van der Waals surface area contributed by atoms with E-state index in [4.69, 9.17) is 5.73 Å². The van der Waals surface area contributed by atoms with Crippen LogP contribution in [0.3, 0.4) is 0 Å². The van der Waals surface area contributed by atoms with Crippen LogP contribution in [0.25, 0.3) is 0 Å². The minimum Gasteiger partial charge on any atom is -0.370 e. The summed E-state index contributed by atoms with van der Waals surface area (Å²) in [5.74, 6) is 0. The lowest BCUT2D eigenvalue weighted by atomic mass is 10.1. The van der Waals surface area contributed by atoms with E-state index in [0.29, 0.717) is 0 Å². The number of halogens is 1. The first-order chi connectivity index (χ1) is 8.58. The van der Waals surface area contributed by atoms with Crippen molar-refractivity contribution in [3.05, 3.63) is 50.6 Å². The second kappa shape index (κ2) is 5.87. The number of benzene rings is 1. The highest BCUT2D eigenvalue weighted by molar-refractivity contribution is 9.10. The lowest BCUT2D eigenvalue weighted by molar-refractivity contribution is 0.812. The summed E-state index contributed by atoms with van der Waals surface area (Å²) in [7, 11) is 2.10. The molecule has 2 rings (SSSR count). The molecule has 0 unspecified atom stereocenters. The highest BCUT2D eigenvalue weighted by atomic mass is 79.9. The van der Waals surface area contributed by atoms with Crippen LogP contribution in [-0.4, -0.2) is 7.05 Å². The van der Waals surface area contributed by atoms with E-state index in [1.807, 2.05) is 6.92 Å². The fraction of sp³-hybridized carbons (Fsp3) is 0.286. The Kier molecular flexibility index (Phi) is 4.43. The Morgan fingerprint density at radius 3 is 2.72 bits per heavy atom. The predicted octanol–water partition coefficient (Wildman–Crippen LogP) is 4.17. The van der Waals surface area contributed by atoms with Gasteiger partial charge in [0.25, 0.3) is 0 Å². The summed E-state index contributed by atoms with van der Waals surface area (Å²) in [5, 5.41) is 4.29. The molecular weight excluding hydrogens is 308 g/mol. The topological polar surface area (TPSA) is 29.3 Å². The Labute approximate surface area is 121 Å². The molecule has 0 aliphatic heterocycles. The minimum absolute atomic E-state index is 0.0515. The van der Waals surface area contributed by atoms with Gasteiger partial charge in [0.15, 0.2) is 0 Å². The highest BCUT2D eigenvalue weighted by Crippen LogP contribution is 2.27. The second-order valence-corrected chi connectivity index (χ2v) is 6.12. The first-order valence-electron chi connectivity index (χ1n) is 5.85. The van der Waals surface area contributed by atoms with E-state index in [1.54, 1.807) is 11.3 Å². The zero-order valence-electron chi connectivity index (χ0n) is 10.6. The first kappa shape index (κ1) is 13.6. The average molecular weight is 325 g/mol. The fourth-order valence-corrected chi connectivity index (χ4v) is 3.26. The number of hydrogen-bond donors (Lipinski definition) is 1. The normalized spacial score (nSPS) is 12.4. The van der Waals surface area contributed by atoms with Crippen LogP contribution in [0.2, 0.25) is 0 Å². The summed E-state index contributed by atoms with van der Waals surface area (Å²) in [5.41, 5.74) is 9.58. The molecule has 2 nitrogen and oxygen atoms in total. The molecule has 2 N–H and O–H groups in total. The third-order valence-corrected chi connectivity index (χ3v) is 4.33. The lowest BCUT2D eigenvalue weighted by Gasteiger charge is -2.20. The molecule has 1 aromatic heterocycles. The zero-order valence-corrected chi connectivity index (χ0v) is 13.0. The van der Waals surface area contributed by atoms with Gasteiger partial charge in [0, 0.05) is 29.8 Å². The maximum absolute atomic E-state index is 5.91. The van der Waals surface area contributed by atoms with Crippen LogP contribution in [0.15, 0.2) is 39.5 Å². The molecule has 0 aliphatic rings. The van der Waals surface area contributed by atoms with E-state index < -0.39 is 0 Å². The van der Waals surface area contributed by atoms with Gasteiger partial charge in [-0.2, -0.15) is 11.3 Å². The van der Waals surface area contributed by atoms with Crippen molar-refractivity contribution in [3.8, 4) is 0 Å². The molecule has 18 heavy (non-hydrogen) atoms. The maximum Gasteiger partial charge on any atom is 0.0434 e. The fourth-order valence-electron chi connectivity index (χ4n) is 1.87. The van der Waals surface area contributed by atoms with E-state index >= 15 is 0 Å². The molecule has 0 aliphatic carbocycles. The van der Waals surface area contributed by atoms with Gasteiger partial charge in [-0.25, -0.2) is 0 Å². The molecular formula is C14H17BrN2S. The van der Waals surface area contributed by atoms with Crippen molar-refractivity contribution in [2.45, 2.75) is 19.5 Å². The summed E-state index contributed by atoms with van der Waals surface area (Å²) in [6.45, 7) is 2.92. The Hall–Kier alpha value is -0.840. The van der Waals surface area contributed by atoms with Crippen molar-refractivity contribution in [1.82, 2.24) is 0 Å². The summed E-state index contributed by atoms with van der Waals surface area (Å²) >= 11 is 5.32. The van der Waals surface area contributed by atoms with E-state index in [-0.39, 0.29) is 6.04 Å². The van der Waals surface area contributed by atoms with Gasteiger partial charge in [-0.05, 0) is 47.0 Å². The molecule has 1 atom stereocenters. The number of rotatable bonds is 4. The standard InChI is InChI=1S/C14H17BrN2S/c1-10(16)13-4-3-12(7-14(13)15)17(2)8-11-5-6-18-9-11/h3-7,9-10H,8,16H2,1-2H3/t10-/m1/s1. The maximum atomic E-state index is 5.91. The smallest absolute Gasteiger partial charge is 0.0434 e. The number of thiophene rings is 1. The summed E-state index contributed by atoms with van der Waals surface area (Å²) in [6.07, 6.45) is 0. The number of hydrogen-bond acceptors (Lipinski definition) is 3. The molecule has 0 spiro atoms. The van der Waals surface area contributed by atoms with Gasteiger partial charge < -0.3 is 10.6 Å². The first-order valence-corrected chi connectivity index (χ1v) is 7.58. The van der Waals surface area contributed by atoms with Gasteiger partial charge in [-0.1, -0.05) is 22.0 Å². The van der Waals surface area contributed by atoms with E-state index in [9.17, 15) is 0 Å². The van der Waals surface area contributed by atoms with Crippen molar-refractivity contribution in [1.29, 1.82) is 0 Å². The van der Waals surface area contributed by atoms with E-state index in [1.165, 1.54) is 11.3 Å². The van der Waals surface area contributed by atoms with Crippen LogP contribution >= 0.6 is 27.3 Å². The molecule has 0 amide bonds. The predicted molar refractivity (Wildman–Crippen MR) is 83.2 cm³/mol. The minimum atomic E-state index is 0.0515. The average Bonchev–Trinajstić information content (AvgIpc) is 2.81. The van der Waals surface area contributed by atoms with Crippen LogP contribution in [0.1, 0.15) is 24.1 Å². The lowest BCUT2D eigenvalue weighted by Crippen LogP contribution is -2.16. The number of anilines is 1. The molecule has 4 heteroatoms. The number of nitrogens with two attached hydrogens (primary N) is 1. The van der Waals surface area contributed by atoms with Crippen LogP contribution < -0.4 is 10.6 Å². The summed E-state index contributed by atoms with van der Waals surface area (Å²) in [6, 6.07) is 8.55. The van der Waals surface area contributed by atoms with E-state index in [2.05, 4.69) is 62.9 Å². The monoisotopic (exact) mass is 324 g/mol. The van der Waals surface area contributed by atoms with Crippen LogP contribution in [0.4, 0.5) is 5.69 Å². The van der Waals surface area contributed by atoms with Gasteiger partial charge in [0.1, 0.15) is 0 Å². The molecule has 0 saturated carbocycles. The summed E-state index contributed by atoms with van der Waals surface area (Å²) < 4.78 is 1.08. The zero-order chi connectivity index (χ0) is 13.1. The van der Waals surface area contributed by atoms with Crippen molar-refractivity contribution in [2.24, 2.45) is 5.73 Å². The largest absolute Gasteiger partial charge is 0.370 e. The Morgan fingerprint density at radius 2 is 2.17 bits per heavy atom. The Bertz CT molecular complexity index is 509. The molecule has 1 aromatic carbocycles. The van der Waals surface area contributed by atoms with Crippen LogP contribution in [-0.2, 0) is 6.54 Å². The molecule has 0 fully saturated rings. The molecule has 0 saturated heterocycles. The van der Waals surface area contributed by atoms with Crippen molar-refractivity contribution in [3.63, 3.8) is 0 Å². The summed E-state index contributed by atoms with van der Waals surface area (Å²) in [4.78, 5) is 2.23. The SMILES string of the molecule is C[C@@H](N)c1ccc(N(C)Cc2ccsc2)cc1Br. The van der Waals surface area contributed by atoms with Crippen molar-refractivity contribution >= 4 is 33.0 Å². The number of nitrogens with zero attached hydrogens (tertiary/aromatic N) is 1. The van der Waals surface area contributed by atoms with Gasteiger partial charge in [0.2, 0.25) is 0 Å². The van der Waals surface area contributed by atoms with Gasteiger partial charge in [-0.15, -0.1) is 0 Å². The third kappa shape index (κ3) is 3.13. The Balaban J connectivity index is 2.16. The quantitative estimate of drug-likeness (QED) is 0.914. The van der Waals surface area contributed by atoms with Gasteiger partial charge in [0.05, 0.1) is 0 Å². The highest BCUT2D eigenvalue weighted by Gasteiger charge is 2.08. The second-order valence-electron chi connectivity index (χ2n) is 4.48. The van der Waals surface area contributed by atoms with Crippen LogP contribution in [0, 0.1) is 0 Å². The Morgan fingerprint density at radius 1 is 1.39 bits per heavy atom. The molecule has 1 heterocycles. The van der Waals surface area contributed by atoms with Crippen LogP contribution in [0.5, 0.6) is 0 Å². The molecule has 2 aromatic rings.